The lowest BCUT2D eigenvalue weighted by molar-refractivity contribution is -0.0332. The Morgan fingerprint density at radius 3 is 2.31 bits per heavy atom. The molecule has 9 nitrogen and oxygen atoms in total. The second-order valence-electron chi connectivity index (χ2n) is 14.0. The second-order valence-corrected chi connectivity index (χ2v) is 15.7. The zero-order chi connectivity index (χ0) is 31.1. The summed E-state index contributed by atoms with van der Waals surface area (Å²) < 4.78 is 25.5. The van der Waals surface area contributed by atoms with Gasteiger partial charge in [0.1, 0.15) is 0 Å². The van der Waals surface area contributed by atoms with Crippen molar-refractivity contribution in [1.82, 2.24) is 14.5 Å². The Bertz CT molecular complexity index is 1630. The predicted octanol–water partition coefficient (Wildman–Crippen LogP) is 6.20. The fourth-order valence-corrected chi connectivity index (χ4v) is 10.1. The monoisotopic (exact) mass is 633 g/mol. The number of piperidine rings is 2. The van der Waals surface area contributed by atoms with Gasteiger partial charge >= 0.3 is 13.6 Å². The van der Waals surface area contributed by atoms with Gasteiger partial charge in [0, 0.05) is 24.2 Å². The smallest absolute Gasteiger partial charge is 0.385 e. The number of esters is 1. The maximum atomic E-state index is 14.1. The average Bonchev–Trinajstić information content (AvgIpc) is 3.47. The molecule has 1 aromatic heterocycles. The van der Waals surface area contributed by atoms with Crippen LogP contribution in [0.25, 0.3) is 11.0 Å². The van der Waals surface area contributed by atoms with E-state index < -0.39 is 31.4 Å². The van der Waals surface area contributed by atoms with Crippen molar-refractivity contribution in [3.05, 3.63) is 70.5 Å². The van der Waals surface area contributed by atoms with Crippen molar-refractivity contribution in [2.75, 3.05) is 6.79 Å². The molecular weight excluding hydrogens is 589 g/mol. The normalized spacial score (nSPS) is 31.6. The molecule has 1 N–H and O–H groups in total. The van der Waals surface area contributed by atoms with Crippen molar-refractivity contribution in [3.8, 4) is 0 Å². The number of nitrogens with zero attached hydrogens (tertiary/aromatic N) is 3. The van der Waals surface area contributed by atoms with E-state index in [4.69, 9.17) is 9.26 Å². The van der Waals surface area contributed by atoms with Crippen molar-refractivity contribution in [1.29, 1.82) is 0 Å². The highest BCUT2D eigenvalue weighted by Gasteiger charge is 2.45. The number of carbonyl (C=O) groups excluding carboxylic acids is 1. The molecule has 7 rings (SSSR count). The number of rotatable bonds is 7. The molecular formula is C35H44N3O6P. The lowest BCUT2D eigenvalue weighted by atomic mass is 9.76. The first-order valence-corrected chi connectivity index (χ1v) is 18.3. The fraction of sp³-hybridized carbons (Fsp3) is 0.571. The van der Waals surface area contributed by atoms with Crippen LogP contribution in [0.1, 0.15) is 94.0 Å². The Balaban J connectivity index is 1.15. The third kappa shape index (κ3) is 6.29. The van der Waals surface area contributed by atoms with Gasteiger partial charge in [0.15, 0.2) is 0 Å². The minimum atomic E-state index is -4.72. The van der Waals surface area contributed by atoms with Crippen LogP contribution in [-0.2, 0) is 13.8 Å². The van der Waals surface area contributed by atoms with Crippen LogP contribution in [0.2, 0.25) is 0 Å². The third-order valence-electron chi connectivity index (χ3n) is 10.9. The maximum Gasteiger partial charge on any atom is 0.385 e. The number of para-hydroxylation sites is 2. The molecule has 2 unspecified atom stereocenters. The summed E-state index contributed by atoms with van der Waals surface area (Å²) in [4.78, 5) is 44.7. The lowest BCUT2D eigenvalue weighted by Gasteiger charge is -2.53. The summed E-state index contributed by atoms with van der Waals surface area (Å²) in [6, 6.07) is 16.8. The molecule has 240 valence electrons. The van der Waals surface area contributed by atoms with E-state index in [1.807, 2.05) is 12.1 Å². The molecule has 10 heteroatoms. The van der Waals surface area contributed by atoms with Gasteiger partial charge in [-0.1, -0.05) is 56.5 Å². The van der Waals surface area contributed by atoms with E-state index in [1.54, 1.807) is 47.0 Å². The van der Waals surface area contributed by atoms with Gasteiger partial charge in [-0.2, -0.15) is 0 Å². The topological polar surface area (TPSA) is 111 Å². The van der Waals surface area contributed by atoms with Crippen LogP contribution in [0.3, 0.4) is 0 Å². The molecule has 3 aromatic rings. The quantitative estimate of drug-likeness (QED) is 0.186. The lowest BCUT2D eigenvalue weighted by Crippen LogP contribution is -2.58. The molecule has 45 heavy (non-hydrogen) atoms. The average molecular weight is 634 g/mol. The summed E-state index contributed by atoms with van der Waals surface area (Å²) in [5, 5.41) is 0. The highest BCUT2D eigenvalue weighted by Crippen LogP contribution is 2.47. The first kappa shape index (κ1) is 30.8. The van der Waals surface area contributed by atoms with E-state index in [0.29, 0.717) is 34.7 Å². The number of benzene rings is 2. The highest BCUT2D eigenvalue weighted by atomic mass is 31.2. The molecule has 0 radical (unpaired) electrons. The van der Waals surface area contributed by atoms with Crippen molar-refractivity contribution in [3.63, 3.8) is 0 Å². The Hall–Kier alpha value is -2.84. The van der Waals surface area contributed by atoms with Gasteiger partial charge in [-0.05, 0) is 93.4 Å². The van der Waals surface area contributed by atoms with Crippen LogP contribution in [0, 0.1) is 17.8 Å². The van der Waals surface area contributed by atoms with Crippen molar-refractivity contribution in [2.24, 2.45) is 17.8 Å². The van der Waals surface area contributed by atoms with E-state index in [0.717, 1.165) is 43.4 Å². The first-order valence-electron chi connectivity index (χ1n) is 16.8. The first-order chi connectivity index (χ1) is 21.8. The van der Waals surface area contributed by atoms with Crippen LogP contribution in [-0.4, -0.2) is 50.2 Å². The largest absolute Gasteiger partial charge is 0.434 e. The van der Waals surface area contributed by atoms with Crippen LogP contribution in [0.15, 0.2) is 59.4 Å². The molecule has 2 aromatic carbocycles. The van der Waals surface area contributed by atoms with Gasteiger partial charge in [-0.15, -0.1) is 0 Å². The number of hydrogen-bond donors (Lipinski definition) is 1. The minimum Gasteiger partial charge on any atom is -0.434 e. The minimum absolute atomic E-state index is 0.117. The molecule has 2 aliphatic heterocycles. The molecule has 4 aliphatic rings. The number of fused-ring (bicyclic) bond motifs is 5. The highest BCUT2D eigenvalue weighted by molar-refractivity contribution is 7.60. The van der Waals surface area contributed by atoms with Gasteiger partial charge < -0.3 is 14.2 Å². The van der Waals surface area contributed by atoms with E-state index >= 15 is 0 Å². The summed E-state index contributed by atoms with van der Waals surface area (Å²) in [6.45, 7) is 1.66. The number of ether oxygens (including phenoxy) is 1. The van der Waals surface area contributed by atoms with Crippen LogP contribution in [0.4, 0.5) is 0 Å². The van der Waals surface area contributed by atoms with E-state index in [9.17, 15) is 19.0 Å². The van der Waals surface area contributed by atoms with Crippen molar-refractivity contribution in [2.45, 2.75) is 102 Å². The third-order valence-corrected chi connectivity index (χ3v) is 12.2. The van der Waals surface area contributed by atoms with Crippen molar-refractivity contribution >= 4 is 30.0 Å². The van der Waals surface area contributed by atoms with Gasteiger partial charge in [0.05, 0.1) is 16.6 Å². The summed E-state index contributed by atoms with van der Waals surface area (Å²) in [6.07, 6.45) is 13.1. The van der Waals surface area contributed by atoms with E-state index in [1.165, 1.54) is 44.9 Å². The molecule has 2 saturated heterocycles. The molecule has 3 heterocycles. The number of aromatic nitrogens is 2. The van der Waals surface area contributed by atoms with Gasteiger partial charge in [0.25, 0.3) is 5.56 Å². The molecule has 0 spiro atoms. The van der Waals surface area contributed by atoms with Crippen LogP contribution in [0.5, 0.6) is 0 Å². The summed E-state index contributed by atoms with van der Waals surface area (Å²) in [5.74, 6) is 1.80. The molecule has 4 fully saturated rings. The Kier molecular flexibility index (Phi) is 8.72. The molecule has 4 bridgehead atoms. The number of hydrogen-bond acceptors (Lipinski definition) is 7. The standard InChI is InChI=1S/C35H44N3O6P/c1-23-16-24-14-15-25(18-24)19-29(17-23)37-27-10-7-11-28(37)21-30(20-27)38-32-13-6-5-12-31(32)36-33(34(38)39)45(41,42)44-22-43-35(40)26-8-3-2-4-9-26/h2-6,8-9,12-13,23-25,27-30H,7,10-11,14-22H2,1H3,(H,41,42)/t23-,24+,25+,27-,28+,29-,30?/m0/s1. The maximum absolute atomic E-state index is 14.1. The zero-order valence-electron chi connectivity index (χ0n) is 26.0. The van der Waals surface area contributed by atoms with Crippen LogP contribution >= 0.6 is 7.60 Å². The van der Waals surface area contributed by atoms with Gasteiger partial charge in [-0.3, -0.25) is 18.8 Å². The molecule has 0 amide bonds. The number of carbonyl (C=O) groups is 1. The molecule has 2 saturated carbocycles. The Morgan fingerprint density at radius 2 is 1.56 bits per heavy atom. The van der Waals surface area contributed by atoms with Gasteiger partial charge in [0.2, 0.25) is 12.2 Å². The van der Waals surface area contributed by atoms with E-state index in [-0.39, 0.29) is 6.04 Å². The summed E-state index contributed by atoms with van der Waals surface area (Å²) >= 11 is 0. The predicted molar refractivity (Wildman–Crippen MR) is 172 cm³/mol. The van der Waals surface area contributed by atoms with Crippen LogP contribution < -0.4 is 11.0 Å². The SMILES string of the molecule is C[C@H]1C[C@H]2CC[C@H](C2)C[C@@H](N2[C@@H]3CCC[C@H]2CC(n2c(=O)c(P(=O)(O)OCOC(=O)c4ccccc4)nc4ccccc42)C3)C1. The van der Waals surface area contributed by atoms with E-state index in [2.05, 4.69) is 16.8 Å². The second kappa shape index (κ2) is 12.7. The zero-order valence-corrected chi connectivity index (χ0v) is 26.9. The fourth-order valence-electron chi connectivity index (χ4n) is 9.21. The molecule has 8 atom stereocenters. The summed E-state index contributed by atoms with van der Waals surface area (Å²) in [7, 11) is -4.72. The molecule has 2 aliphatic carbocycles. The Labute approximate surface area is 264 Å². The summed E-state index contributed by atoms with van der Waals surface area (Å²) in [5.41, 5.74) is 0.271. The Morgan fingerprint density at radius 1 is 0.867 bits per heavy atom. The van der Waals surface area contributed by atoms with Crippen molar-refractivity contribution < 1.29 is 23.5 Å². The van der Waals surface area contributed by atoms with Gasteiger partial charge in [-0.25, -0.2) is 9.78 Å².